The number of carbonyl (C=O) groups excluding carboxylic acids is 1. The average Bonchev–Trinajstić information content (AvgIpc) is 3.18. The zero-order chi connectivity index (χ0) is 17.3. The number of amides is 1. The van der Waals surface area contributed by atoms with Crippen LogP contribution in [-0.4, -0.2) is 69.7 Å². The zero-order valence-corrected chi connectivity index (χ0v) is 14.6. The van der Waals surface area contributed by atoms with Gasteiger partial charge in [-0.05, 0) is 31.4 Å². The molecule has 1 aromatic heterocycles. The number of morpholine rings is 1. The molecule has 1 atom stereocenters. The number of anilines is 1. The molecule has 0 unspecified atom stereocenters. The van der Waals surface area contributed by atoms with Gasteiger partial charge in [0.2, 0.25) is 0 Å². The Bertz CT molecular complexity index is 543. The second kappa shape index (κ2) is 9.70. The van der Waals surface area contributed by atoms with E-state index >= 15 is 0 Å². The number of nitrogens with one attached hydrogen (secondary N) is 1. The molecule has 0 bridgehead atoms. The van der Waals surface area contributed by atoms with E-state index in [1.165, 1.54) is 0 Å². The summed E-state index contributed by atoms with van der Waals surface area (Å²) in [5.74, 6) is 0.645. The van der Waals surface area contributed by atoms with Crippen LogP contribution in [0.2, 0.25) is 0 Å². The van der Waals surface area contributed by atoms with E-state index in [2.05, 4.69) is 15.2 Å². The van der Waals surface area contributed by atoms with Gasteiger partial charge in [-0.15, -0.1) is 0 Å². The van der Waals surface area contributed by atoms with Crippen molar-refractivity contribution in [1.82, 2.24) is 10.3 Å². The fourth-order valence-corrected chi connectivity index (χ4v) is 3.06. The highest BCUT2D eigenvalue weighted by atomic mass is 16.5. The van der Waals surface area contributed by atoms with Gasteiger partial charge in [0.15, 0.2) is 0 Å². The number of carbonyl (C=O) groups is 1. The average molecular weight is 349 g/mol. The predicted molar refractivity (Wildman–Crippen MR) is 94.0 cm³/mol. The summed E-state index contributed by atoms with van der Waals surface area (Å²) < 4.78 is 16.5. The third kappa shape index (κ3) is 5.39. The molecule has 3 heterocycles. The lowest BCUT2D eigenvalue weighted by molar-refractivity contribution is 0.0166. The van der Waals surface area contributed by atoms with Crippen molar-refractivity contribution in [2.45, 2.75) is 25.4 Å². The lowest BCUT2D eigenvalue weighted by Gasteiger charge is -2.29. The number of nitrogens with zero attached hydrogens (tertiary/aromatic N) is 2. The molecular weight excluding hydrogens is 322 g/mol. The summed E-state index contributed by atoms with van der Waals surface area (Å²) in [5.41, 5.74) is 0.615. The van der Waals surface area contributed by atoms with Crippen LogP contribution in [0.3, 0.4) is 0 Å². The Morgan fingerprint density at radius 1 is 1.36 bits per heavy atom. The summed E-state index contributed by atoms with van der Waals surface area (Å²) in [6.07, 6.45) is 4.97. The minimum Gasteiger partial charge on any atom is -0.379 e. The first-order valence-electron chi connectivity index (χ1n) is 9.10. The SMILES string of the molecule is O=C(NCCCOC[C@@H]1CCCO1)c1cccnc1N1CCOCC1. The van der Waals surface area contributed by atoms with E-state index in [4.69, 9.17) is 14.2 Å². The van der Waals surface area contributed by atoms with Crippen molar-refractivity contribution in [3.05, 3.63) is 23.9 Å². The maximum Gasteiger partial charge on any atom is 0.255 e. The van der Waals surface area contributed by atoms with Crippen molar-refractivity contribution in [1.29, 1.82) is 0 Å². The lowest BCUT2D eigenvalue weighted by atomic mass is 10.2. The smallest absolute Gasteiger partial charge is 0.255 e. The first-order chi connectivity index (χ1) is 12.3. The number of ether oxygens (including phenoxy) is 3. The van der Waals surface area contributed by atoms with Crippen LogP contribution < -0.4 is 10.2 Å². The van der Waals surface area contributed by atoms with Gasteiger partial charge >= 0.3 is 0 Å². The number of pyridine rings is 1. The second-order valence-corrected chi connectivity index (χ2v) is 6.29. The summed E-state index contributed by atoms with van der Waals surface area (Å²) in [6, 6.07) is 3.62. The molecule has 0 radical (unpaired) electrons. The van der Waals surface area contributed by atoms with E-state index in [0.29, 0.717) is 38.5 Å². The highest BCUT2D eigenvalue weighted by Gasteiger charge is 2.19. The first kappa shape index (κ1) is 18.1. The van der Waals surface area contributed by atoms with E-state index in [9.17, 15) is 4.79 Å². The van der Waals surface area contributed by atoms with E-state index in [1.807, 2.05) is 6.07 Å². The Balaban J connectivity index is 1.40. The van der Waals surface area contributed by atoms with Gasteiger partial charge in [0.05, 0.1) is 31.5 Å². The standard InChI is InChI=1S/C18H27N3O4/c22-18(20-7-3-10-24-14-15-4-2-11-25-15)16-5-1-6-19-17(16)21-8-12-23-13-9-21/h1,5-6,15H,2-4,7-14H2,(H,20,22)/t15-/m0/s1. The molecule has 2 fully saturated rings. The maximum absolute atomic E-state index is 12.5. The molecule has 2 aliphatic heterocycles. The third-order valence-electron chi connectivity index (χ3n) is 4.42. The van der Waals surface area contributed by atoms with Gasteiger partial charge in [0.25, 0.3) is 5.91 Å². The van der Waals surface area contributed by atoms with Crippen molar-refractivity contribution in [3.63, 3.8) is 0 Å². The van der Waals surface area contributed by atoms with Crippen LogP contribution in [0.1, 0.15) is 29.6 Å². The van der Waals surface area contributed by atoms with Crippen molar-refractivity contribution in [2.24, 2.45) is 0 Å². The van der Waals surface area contributed by atoms with Gasteiger partial charge in [-0.2, -0.15) is 0 Å². The number of aromatic nitrogens is 1. The quantitative estimate of drug-likeness (QED) is 0.712. The topological polar surface area (TPSA) is 72.9 Å². The van der Waals surface area contributed by atoms with Gasteiger partial charge in [0, 0.05) is 39.0 Å². The molecule has 0 aromatic carbocycles. The largest absolute Gasteiger partial charge is 0.379 e. The molecular formula is C18H27N3O4. The van der Waals surface area contributed by atoms with Crippen LogP contribution in [0.4, 0.5) is 5.82 Å². The Morgan fingerprint density at radius 2 is 2.24 bits per heavy atom. The molecule has 0 saturated carbocycles. The van der Waals surface area contributed by atoms with Gasteiger partial charge in [0.1, 0.15) is 5.82 Å². The fourth-order valence-electron chi connectivity index (χ4n) is 3.06. The maximum atomic E-state index is 12.5. The lowest BCUT2D eigenvalue weighted by Crippen LogP contribution is -2.38. The molecule has 2 saturated heterocycles. The molecule has 3 rings (SSSR count). The molecule has 1 N–H and O–H groups in total. The van der Waals surface area contributed by atoms with Crippen molar-refractivity contribution in [3.8, 4) is 0 Å². The van der Waals surface area contributed by atoms with Crippen molar-refractivity contribution >= 4 is 11.7 Å². The Morgan fingerprint density at radius 3 is 3.04 bits per heavy atom. The molecule has 25 heavy (non-hydrogen) atoms. The molecule has 138 valence electrons. The number of rotatable bonds is 8. The Kier molecular flexibility index (Phi) is 7.02. The van der Waals surface area contributed by atoms with E-state index in [1.54, 1.807) is 12.3 Å². The fraction of sp³-hybridized carbons (Fsp3) is 0.667. The highest BCUT2D eigenvalue weighted by Crippen LogP contribution is 2.18. The molecule has 1 aromatic rings. The van der Waals surface area contributed by atoms with Crippen LogP contribution >= 0.6 is 0 Å². The molecule has 0 aliphatic carbocycles. The van der Waals surface area contributed by atoms with Crippen molar-refractivity contribution < 1.29 is 19.0 Å². The van der Waals surface area contributed by atoms with E-state index in [0.717, 1.165) is 44.8 Å². The number of hydrogen-bond donors (Lipinski definition) is 1. The van der Waals surface area contributed by atoms with Crippen LogP contribution in [-0.2, 0) is 14.2 Å². The van der Waals surface area contributed by atoms with Crippen LogP contribution in [0.5, 0.6) is 0 Å². The third-order valence-corrected chi connectivity index (χ3v) is 4.42. The molecule has 0 spiro atoms. The van der Waals surface area contributed by atoms with Crippen molar-refractivity contribution in [2.75, 3.05) is 57.6 Å². The minimum absolute atomic E-state index is 0.0891. The molecule has 7 heteroatoms. The van der Waals surface area contributed by atoms with E-state index < -0.39 is 0 Å². The summed E-state index contributed by atoms with van der Waals surface area (Å²) >= 11 is 0. The Labute approximate surface area is 148 Å². The van der Waals surface area contributed by atoms with Crippen LogP contribution in [0.25, 0.3) is 0 Å². The molecule has 2 aliphatic rings. The second-order valence-electron chi connectivity index (χ2n) is 6.29. The summed E-state index contributed by atoms with van der Waals surface area (Å²) in [6.45, 7) is 5.56. The predicted octanol–water partition coefficient (Wildman–Crippen LogP) is 1.23. The number of hydrogen-bond acceptors (Lipinski definition) is 6. The first-order valence-corrected chi connectivity index (χ1v) is 9.10. The summed E-state index contributed by atoms with van der Waals surface area (Å²) in [5, 5.41) is 2.96. The summed E-state index contributed by atoms with van der Waals surface area (Å²) in [7, 11) is 0. The zero-order valence-electron chi connectivity index (χ0n) is 14.6. The van der Waals surface area contributed by atoms with Crippen LogP contribution in [0, 0.1) is 0 Å². The highest BCUT2D eigenvalue weighted by molar-refractivity contribution is 5.98. The molecule has 7 nitrogen and oxygen atoms in total. The monoisotopic (exact) mass is 349 g/mol. The van der Waals surface area contributed by atoms with Gasteiger partial charge in [-0.25, -0.2) is 4.98 Å². The minimum atomic E-state index is -0.0891. The summed E-state index contributed by atoms with van der Waals surface area (Å²) in [4.78, 5) is 19.0. The normalized spacial score (nSPS) is 20.6. The van der Waals surface area contributed by atoms with Gasteiger partial charge in [-0.1, -0.05) is 0 Å². The Hall–Kier alpha value is -1.70. The molecule has 1 amide bonds. The van der Waals surface area contributed by atoms with Crippen LogP contribution in [0.15, 0.2) is 18.3 Å². The van der Waals surface area contributed by atoms with Gasteiger partial charge < -0.3 is 24.4 Å². The van der Waals surface area contributed by atoms with Gasteiger partial charge in [-0.3, -0.25) is 4.79 Å². The van der Waals surface area contributed by atoms with E-state index in [-0.39, 0.29) is 12.0 Å².